The Morgan fingerprint density at radius 2 is 2.19 bits per heavy atom. The van der Waals surface area contributed by atoms with Gasteiger partial charge in [-0.2, -0.15) is 9.97 Å². The van der Waals surface area contributed by atoms with E-state index in [0.29, 0.717) is 12.0 Å². The number of aromatic amines is 1. The summed E-state index contributed by atoms with van der Waals surface area (Å²) in [5.74, 6) is 2.56. The van der Waals surface area contributed by atoms with Crippen LogP contribution in [0.15, 0.2) is 6.33 Å². The van der Waals surface area contributed by atoms with Crippen LogP contribution in [0.1, 0.15) is 39.0 Å². The molecule has 6 heteroatoms. The molecule has 0 amide bonds. The second kappa shape index (κ2) is 5.16. The van der Waals surface area contributed by atoms with Gasteiger partial charge in [0.15, 0.2) is 11.5 Å². The molecule has 2 aromatic heterocycles. The van der Waals surface area contributed by atoms with Crippen molar-refractivity contribution >= 4 is 22.9 Å². The van der Waals surface area contributed by atoms with E-state index < -0.39 is 0 Å². The summed E-state index contributed by atoms with van der Waals surface area (Å²) >= 11 is 0. The number of imidazole rings is 1. The van der Waals surface area contributed by atoms with Gasteiger partial charge in [0, 0.05) is 19.1 Å². The Morgan fingerprint density at radius 1 is 1.29 bits per heavy atom. The quantitative estimate of drug-likeness (QED) is 0.907. The van der Waals surface area contributed by atoms with E-state index in [2.05, 4.69) is 32.1 Å². The van der Waals surface area contributed by atoms with Crippen molar-refractivity contribution in [3.63, 3.8) is 0 Å². The normalized spacial score (nSPS) is 25.3. The minimum atomic E-state index is 0.648. The highest BCUT2D eigenvalue weighted by molar-refractivity contribution is 5.84. The number of hydrogen-bond acceptors (Lipinski definition) is 5. The number of H-pyrrole nitrogens is 1. The Balaban J connectivity index is 1.76. The smallest absolute Gasteiger partial charge is 0.226 e. The summed E-state index contributed by atoms with van der Waals surface area (Å²) in [6.07, 6.45) is 8.41. The van der Waals surface area contributed by atoms with Gasteiger partial charge in [-0.25, -0.2) is 4.98 Å². The molecule has 0 bridgehead atoms. The molecular formula is C15H22N6. The molecule has 0 spiro atoms. The summed E-state index contributed by atoms with van der Waals surface area (Å²) in [6.45, 7) is 3.98. The molecule has 2 N–H and O–H groups in total. The van der Waals surface area contributed by atoms with Crippen molar-refractivity contribution < 1.29 is 0 Å². The number of hydrogen-bond donors (Lipinski definition) is 2. The molecule has 2 unspecified atom stereocenters. The third-order valence-electron chi connectivity index (χ3n) is 4.88. The lowest BCUT2D eigenvalue weighted by Gasteiger charge is -2.32. The van der Waals surface area contributed by atoms with E-state index in [1.807, 2.05) is 0 Å². The van der Waals surface area contributed by atoms with Crippen molar-refractivity contribution in [2.45, 2.75) is 45.1 Å². The Bertz CT molecular complexity index is 636. The van der Waals surface area contributed by atoms with E-state index in [0.717, 1.165) is 36.0 Å². The lowest BCUT2D eigenvalue weighted by atomic mass is 9.85. The molecular weight excluding hydrogens is 264 g/mol. The van der Waals surface area contributed by atoms with Gasteiger partial charge in [0.25, 0.3) is 0 Å². The van der Waals surface area contributed by atoms with Gasteiger partial charge >= 0.3 is 0 Å². The number of fused-ring (bicyclic) bond motifs is 2. The van der Waals surface area contributed by atoms with Crippen molar-refractivity contribution in [1.82, 2.24) is 19.9 Å². The second-order valence-corrected chi connectivity index (χ2v) is 6.10. The molecule has 2 fully saturated rings. The van der Waals surface area contributed by atoms with Crippen LogP contribution in [0.5, 0.6) is 0 Å². The molecule has 6 nitrogen and oxygen atoms in total. The van der Waals surface area contributed by atoms with E-state index in [1.54, 1.807) is 6.33 Å². The van der Waals surface area contributed by atoms with Crippen LogP contribution in [0.4, 0.5) is 11.8 Å². The van der Waals surface area contributed by atoms with Gasteiger partial charge in [-0.1, -0.05) is 12.8 Å². The first-order valence-corrected chi connectivity index (χ1v) is 8.08. The standard InChI is InChI=1S/C15H22N6/c1-2-16-15-19-13-12(17-9-18-13)14(20-15)21-8-7-10-5-3-4-6-11(10)21/h9-11H,2-8H2,1H3,(H2,16,17,18,19,20). The summed E-state index contributed by atoms with van der Waals surface area (Å²) in [6, 6.07) is 0.648. The van der Waals surface area contributed by atoms with Gasteiger partial charge in [0.2, 0.25) is 5.95 Å². The van der Waals surface area contributed by atoms with Gasteiger partial charge in [-0.3, -0.25) is 0 Å². The lowest BCUT2D eigenvalue weighted by Crippen LogP contribution is -2.35. The molecule has 0 radical (unpaired) electrons. The highest BCUT2D eigenvalue weighted by Crippen LogP contribution is 2.39. The number of nitrogens with one attached hydrogen (secondary N) is 2. The summed E-state index contributed by atoms with van der Waals surface area (Å²) in [5, 5.41) is 3.22. The second-order valence-electron chi connectivity index (χ2n) is 6.10. The zero-order valence-electron chi connectivity index (χ0n) is 12.5. The maximum atomic E-state index is 4.77. The van der Waals surface area contributed by atoms with Crippen LogP contribution in [0.25, 0.3) is 11.2 Å². The molecule has 2 aromatic rings. The fraction of sp³-hybridized carbons (Fsp3) is 0.667. The molecule has 1 saturated carbocycles. The van der Waals surface area contributed by atoms with Gasteiger partial charge in [0.05, 0.1) is 6.33 Å². The summed E-state index contributed by atoms with van der Waals surface area (Å²) in [5.41, 5.74) is 1.73. The minimum absolute atomic E-state index is 0.648. The Hall–Kier alpha value is -1.85. The average molecular weight is 286 g/mol. The average Bonchev–Trinajstić information content (AvgIpc) is 3.13. The SMILES string of the molecule is CCNc1nc(N2CCC3CCCCC32)c2[nH]cnc2n1. The molecule has 1 saturated heterocycles. The van der Waals surface area contributed by atoms with E-state index in [4.69, 9.17) is 4.98 Å². The predicted molar refractivity (Wildman–Crippen MR) is 83.6 cm³/mol. The summed E-state index contributed by atoms with van der Waals surface area (Å²) in [7, 11) is 0. The van der Waals surface area contributed by atoms with E-state index in [1.165, 1.54) is 32.1 Å². The van der Waals surface area contributed by atoms with Crippen molar-refractivity contribution in [1.29, 1.82) is 0 Å². The topological polar surface area (TPSA) is 69.7 Å². The molecule has 2 aliphatic rings. The molecule has 112 valence electrons. The van der Waals surface area contributed by atoms with Gasteiger partial charge in [-0.15, -0.1) is 0 Å². The molecule has 21 heavy (non-hydrogen) atoms. The molecule has 1 aliphatic heterocycles. The molecule has 2 atom stereocenters. The van der Waals surface area contributed by atoms with Crippen molar-refractivity contribution in [2.75, 3.05) is 23.3 Å². The number of anilines is 2. The third kappa shape index (κ3) is 2.13. The van der Waals surface area contributed by atoms with Crippen LogP contribution in [0.2, 0.25) is 0 Å². The van der Waals surface area contributed by atoms with Gasteiger partial charge < -0.3 is 15.2 Å². The van der Waals surface area contributed by atoms with Crippen LogP contribution in [-0.4, -0.2) is 39.1 Å². The van der Waals surface area contributed by atoms with E-state index >= 15 is 0 Å². The highest BCUT2D eigenvalue weighted by Gasteiger charge is 2.37. The van der Waals surface area contributed by atoms with Crippen molar-refractivity contribution in [3.05, 3.63) is 6.33 Å². The Morgan fingerprint density at radius 3 is 3.10 bits per heavy atom. The van der Waals surface area contributed by atoms with Crippen molar-refractivity contribution in [3.8, 4) is 0 Å². The first-order valence-electron chi connectivity index (χ1n) is 8.08. The van der Waals surface area contributed by atoms with Gasteiger partial charge in [-0.05, 0) is 32.1 Å². The highest BCUT2D eigenvalue weighted by atomic mass is 15.3. The molecule has 4 rings (SSSR count). The van der Waals surface area contributed by atoms with Crippen LogP contribution in [0, 0.1) is 5.92 Å². The van der Waals surface area contributed by atoms with Crippen LogP contribution < -0.4 is 10.2 Å². The third-order valence-corrected chi connectivity index (χ3v) is 4.88. The lowest BCUT2D eigenvalue weighted by molar-refractivity contribution is 0.341. The predicted octanol–water partition coefficient (Wildman–Crippen LogP) is 2.55. The Kier molecular flexibility index (Phi) is 3.16. The van der Waals surface area contributed by atoms with Gasteiger partial charge in [0.1, 0.15) is 5.52 Å². The van der Waals surface area contributed by atoms with Crippen molar-refractivity contribution in [2.24, 2.45) is 5.92 Å². The fourth-order valence-electron chi connectivity index (χ4n) is 3.93. The first-order chi connectivity index (χ1) is 10.4. The maximum Gasteiger partial charge on any atom is 0.226 e. The zero-order chi connectivity index (χ0) is 14.2. The van der Waals surface area contributed by atoms with Crippen LogP contribution in [0.3, 0.4) is 0 Å². The van der Waals surface area contributed by atoms with E-state index in [9.17, 15) is 0 Å². The summed E-state index contributed by atoms with van der Waals surface area (Å²) < 4.78 is 0. The summed E-state index contributed by atoms with van der Waals surface area (Å²) in [4.78, 5) is 19.3. The molecule has 1 aliphatic carbocycles. The Labute approximate surface area is 124 Å². The number of rotatable bonds is 3. The number of aromatic nitrogens is 4. The largest absolute Gasteiger partial charge is 0.354 e. The maximum absolute atomic E-state index is 4.77. The fourth-order valence-corrected chi connectivity index (χ4v) is 3.93. The monoisotopic (exact) mass is 286 g/mol. The van der Waals surface area contributed by atoms with Crippen LogP contribution in [-0.2, 0) is 0 Å². The molecule has 3 heterocycles. The van der Waals surface area contributed by atoms with E-state index in [-0.39, 0.29) is 0 Å². The zero-order valence-corrected chi connectivity index (χ0v) is 12.5. The number of nitrogens with zero attached hydrogens (tertiary/aromatic N) is 4. The first kappa shape index (κ1) is 12.9. The molecule has 0 aromatic carbocycles. The van der Waals surface area contributed by atoms with Crippen LogP contribution >= 0.6 is 0 Å². The minimum Gasteiger partial charge on any atom is -0.354 e.